The van der Waals surface area contributed by atoms with Gasteiger partial charge in [-0.25, -0.2) is 18.4 Å². The van der Waals surface area contributed by atoms with Crippen molar-refractivity contribution in [1.29, 1.82) is 5.26 Å². The Kier molecular flexibility index (Phi) is 6.53. The molecule has 5 rings (SSSR count). The molecule has 2 aromatic carbocycles. The number of rotatable bonds is 7. The molecule has 1 fully saturated rings. The van der Waals surface area contributed by atoms with E-state index in [1.165, 1.54) is 23.4 Å². The van der Waals surface area contributed by atoms with Crippen molar-refractivity contribution in [3.8, 4) is 6.07 Å². The minimum Gasteiger partial charge on any atom is -0.381 e. The molecule has 36 heavy (non-hydrogen) atoms. The van der Waals surface area contributed by atoms with Crippen molar-refractivity contribution in [3.05, 3.63) is 83.6 Å². The van der Waals surface area contributed by atoms with Gasteiger partial charge in [0.2, 0.25) is 0 Å². The lowest BCUT2D eigenvalue weighted by atomic mass is 9.85. The van der Waals surface area contributed by atoms with Gasteiger partial charge < -0.3 is 10.1 Å². The molecule has 0 spiro atoms. The van der Waals surface area contributed by atoms with Crippen LogP contribution in [-0.4, -0.2) is 66.9 Å². The molecule has 0 aliphatic carbocycles. The zero-order valence-corrected chi connectivity index (χ0v) is 19.9. The lowest BCUT2D eigenvalue weighted by Crippen LogP contribution is -2.57. The standard InChI is InChI=1S/C26H27F2N7O/c1-18(26(36,15-35-17-30-16-32-35)23-6-5-21(27)11-24(23)28)34-9-7-33(8-10-34)14-20-13-31-25-19(12-29)3-2-4-22(20)25/h2-6,11,13,16-18,31,36H,7-10,14-15H2,1H3/t18-,26-/m1/s1. The summed E-state index contributed by atoms with van der Waals surface area (Å²) in [5.74, 6) is -1.49. The van der Waals surface area contributed by atoms with Gasteiger partial charge >= 0.3 is 0 Å². The first-order valence-corrected chi connectivity index (χ1v) is 11.8. The van der Waals surface area contributed by atoms with Gasteiger partial charge in [-0.2, -0.15) is 10.4 Å². The number of para-hydroxylation sites is 1. The number of aromatic amines is 1. The van der Waals surface area contributed by atoms with E-state index in [1.54, 1.807) is 6.07 Å². The molecule has 0 radical (unpaired) electrons. The fourth-order valence-electron chi connectivity index (χ4n) is 5.13. The zero-order chi connectivity index (χ0) is 25.3. The molecule has 1 aliphatic rings. The van der Waals surface area contributed by atoms with Crippen molar-refractivity contribution in [2.75, 3.05) is 26.2 Å². The summed E-state index contributed by atoms with van der Waals surface area (Å²) < 4.78 is 29.9. The van der Waals surface area contributed by atoms with Gasteiger partial charge in [0.1, 0.15) is 36.0 Å². The Morgan fingerprint density at radius 3 is 2.69 bits per heavy atom. The Labute approximate surface area is 207 Å². The third-order valence-corrected chi connectivity index (χ3v) is 7.23. The highest BCUT2D eigenvalue weighted by atomic mass is 19.1. The molecule has 4 aromatic rings. The molecule has 0 unspecified atom stereocenters. The lowest BCUT2D eigenvalue weighted by Gasteiger charge is -2.45. The van der Waals surface area contributed by atoms with Gasteiger partial charge in [0, 0.05) is 62.0 Å². The average Bonchev–Trinajstić information content (AvgIpc) is 3.54. The number of nitriles is 1. The normalized spacial score (nSPS) is 17.6. The lowest BCUT2D eigenvalue weighted by molar-refractivity contribution is -0.0743. The van der Waals surface area contributed by atoms with Crippen LogP contribution in [0.1, 0.15) is 23.6 Å². The quantitative estimate of drug-likeness (QED) is 0.413. The van der Waals surface area contributed by atoms with Crippen LogP contribution in [0.15, 0.2) is 55.2 Å². The monoisotopic (exact) mass is 491 g/mol. The number of halogens is 2. The fourth-order valence-corrected chi connectivity index (χ4v) is 5.13. The van der Waals surface area contributed by atoms with Crippen LogP contribution in [0, 0.1) is 23.0 Å². The minimum absolute atomic E-state index is 0.0203. The molecule has 186 valence electrons. The van der Waals surface area contributed by atoms with Crippen LogP contribution in [0.3, 0.4) is 0 Å². The minimum atomic E-state index is -1.65. The summed E-state index contributed by atoms with van der Waals surface area (Å²) in [4.78, 5) is 11.6. The predicted molar refractivity (Wildman–Crippen MR) is 130 cm³/mol. The molecular weight excluding hydrogens is 464 g/mol. The highest BCUT2D eigenvalue weighted by molar-refractivity contribution is 5.87. The predicted octanol–water partition coefficient (Wildman–Crippen LogP) is 3.00. The van der Waals surface area contributed by atoms with Crippen molar-refractivity contribution in [2.24, 2.45) is 0 Å². The van der Waals surface area contributed by atoms with Crippen LogP contribution in [-0.2, 0) is 18.7 Å². The zero-order valence-electron chi connectivity index (χ0n) is 19.9. The molecule has 3 heterocycles. The molecule has 2 N–H and O–H groups in total. The van der Waals surface area contributed by atoms with Gasteiger partial charge in [0.25, 0.3) is 0 Å². The summed E-state index contributed by atoms with van der Waals surface area (Å²) >= 11 is 0. The van der Waals surface area contributed by atoms with Crippen LogP contribution in [0.4, 0.5) is 8.78 Å². The third kappa shape index (κ3) is 4.48. The highest BCUT2D eigenvalue weighted by Crippen LogP contribution is 2.33. The SMILES string of the molecule is C[C@@H](N1CCN(Cc2c[nH]c3c(C#N)cccc23)CC1)[C@](O)(Cn1cncn1)c1ccc(F)cc1F. The molecule has 2 atom stereocenters. The van der Waals surface area contributed by atoms with Crippen molar-refractivity contribution in [1.82, 2.24) is 29.5 Å². The van der Waals surface area contributed by atoms with Crippen molar-refractivity contribution in [2.45, 2.75) is 31.7 Å². The second-order valence-corrected chi connectivity index (χ2v) is 9.28. The second kappa shape index (κ2) is 9.78. The Morgan fingerprint density at radius 2 is 2.00 bits per heavy atom. The van der Waals surface area contributed by atoms with E-state index in [4.69, 9.17) is 0 Å². The molecular formula is C26H27F2N7O. The smallest absolute Gasteiger partial charge is 0.137 e. The number of benzene rings is 2. The van der Waals surface area contributed by atoms with E-state index >= 15 is 0 Å². The number of nitrogens with one attached hydrogen (secondary N) is 1. The van der Waals surface area contributed by atoms with Gasteiger partial charge in [-0.15, -0.1) is 0 Å². The van der Waals surface area contributed by atoms with Crippen molar-refractivity contribution >= 4 is 10.9 Å². The van der Waals surface area contributed by atoms with E-state index in [-0.39, 0.29) is 12.1 Å². The van der Waals surface area contributed by atoms with Crippen molar-refractivity contribution in [3.63, 3.8) is 0 Å². The average molecular weight is 492 g/mol. The van der Waals surface area contributed by atoms with E-state index in [0.29, 0.717) is 18.7 Å². The maximum Gasteiger partial charge on any atom is 0.137 e. The number of piperazine rings is 1. The Morgan fingerprint density at radius 1 is 1.19 bits per heavy atom. The molecule has 0 bridgehead atoms. The fraction of sp³-hybridized carbons (Fsp3) is 0.346. The van der Waals surface area contributed by atoms with Gasteiger partial charge in [0.05, 0.1) is 17.6 Å². The van der Waals surface area contributed by atoms with Crippen LogP contribution in [0.25, 0.3) is 10.9 Å². The van der Waals surface area contributed by atoms with E-state index in [0.717, 1.165) is 48.2 Å². The third-order valence-electron chi connectivity index (χ3n) is 7.23. The molecule has 0 saturated carbocycles. The number of nitrogens with zero attached hydrogens (tertiary/aromatic N) is 6. The molecule has 10 heteroatoms. The van der Waals surface area contributed by atoms with Gasteiger partial charge in [-0.3, -0.25) is 9.80 Å². The van der Waals surface area contributed by atoms with Gasteiger partial charge in [0.15, 0.2) is 0 Å². The number of hydrogen-bond donors (Lipinski definition) is 2. The van der Waals surface area contributed by atoms with Gasteiger partial charge in [-0.1, -0.05) is 18.2 Å². The number of hydrogen-bond acceptors (Lipinski definition) is 6. The van der Waals surface area contributed by atoms with Crippen LogP contribution >= 0.6 is 0 Å². The summed E-state index contributed by atoms with van der Waals surface area (Å²) in [5.41, 5.74) is 0.970. The van der Waals surface area contributed by atoms with Crippen molar-refractivity contribution < 1.29 is 13.9 Å². The number of aromatic nitrogens is 4. The summed E-state index contributed by atoms with van der Waals surface area (Å²) in [6, 6.07) is 10.7. The van der Waals surface area contributed by atoms with Crippen LogP contribution in [0.5, 0.6) is 0 Å². The van der Waals surface area contributed by atoms with Crippen LogP contribution in [0.2, 0.25) is 0 Å². The summed E-state index contributed by atoms with van der Waals surface area (Å²) in [6.07, 6.45) is 4.78. The Balaban J connectivity index is 1.32. The summed E-state index contributed by atoms with van der Waals surface area (Å²) in [6.45, 7) is 5.39. The summed E-state index contributed by atoms with van der Waals surface area (Å²) in [7, 11) is 0. The molecule has 2 aromatic heterocycles. The van der Waals surface area contributed by atoms with E-state index in [2.05, 4.69) is 30.9 Å². The first kappa shape index (κ1) is 24.1. The molecule has 1 saturated heterocycles. The summed E-state index contributed by atoms with van der Waals surface area (Å²) in [5, 5.41) is 26.3. The van der Waals surface area contributed by atoms with E-state index in [1.807, 2.05) is 25.3 Å². The number of aliphatic hydroxyl groups is 1. The Bertz CT molecular complexity index is 1390. The first-order valence-electron chi connectivity index (χ1n) is 11.8. The maximum atomic E-state index is 14.9. The number of fused-ring (bicyclic) bond motifs is 1. The van der Waals surface area contributed by atoms with Gasteiger partial charge in [-0.05, 0) is 24.6 Å². The number of H-pyrrole nitrogens is 1. The maximum absolute atomic E-state index is 14.9. The topological polar surface area (TPSA) is 97.0 Å². The second-order valence-electron chi connectivity index (χ2n) is 9.28. The first-order chi connectivity index (χ1) is 17.4. The van der Waals surface area contributed by atoms with Crippen LogP contribution < -0.4 is 0 Å². The molecule has 0 amide bonds. The highest BCUT2D eigenvalue weighted by Gasteiger charge is 2.42. The molecule has 1 aliphatic heterocycles. The van der Waals surface area contributed by atoms with E-state index < -0.39 is 23.3 Å². The molecule has 8 nitrogen and oxygen atoms in total. The van der Waals surface area contributed by atoms with E-state index in [9.17, 15) is 19.1 Å². The Hall–Kier alpha value is -3.65. The largest absolute Gasteiger partial charge is 0.381 e.